The van der Waals surface area contributed by atoms with Crippen LogP contribution < -0.4 is 5.32 Å². The highest BCUT2D eigenvalue weighted by Gasteiger charge is 2.23. The van der Waals surface area contributed by atoms with E-state index in [0.717, 1.165) is 12.4 Å². The second-order valence-corrected chi connectivity index (χ2v) is 3.63. The van der Waals surface area contributed by atoms with Crippen LogP contribution in [0.15, 0.2) is 6.20 Å². The van der Waals surface area contributed by atoms with Crippen LogP contribution in [-0.2, 0) is 11.3 Å². The number of nitrogens with one attached hydrogen (secondary N) is 1. The lowest BCUT2D eigenvalue weighted by Gasteiger charge is -2.24. The molecule has 5 nitrogen and oxygen atoms in total. The quantitative estimate of drug-likeness (QED) is 0.729. The van der Waals surface area contributed by atoms with Crippen molar-refractivity contribution in [2.45, 2.75) is 26.4 Å². The summed E-state index contributed by atoms with van der Waals surface area (Å²) in [4.78, 5) is 15.8. The van der Waals surface area contributed by atoms with Gasteiger partial charge in [-0.15, -0.1) is 0 Å². The normalized spacial score (nSPS) is 19.7. The van der Waals surface area contributed by atoms with E-state index in [1.54, 1.807) is 13.1 Å². The summed E-state index contributed by atoms with van der Waals surface area (Å²) in [5, 5.41) is 3.24. The molecular formula is C10H15N3O2. The maximum atomic E-state index is 11.6. The van der Waals surface area contributed by atoms with Crippen molar-refractivity contribution in [1.82, 2.24) is 14.9 Å². The molecule has 1 atom stereocenters. The number of imidazole rings is 1. The molecule has 2 rings (SSSR count). The molecule has 1 aromatic rings. The third-order valence-corrected chi connectivity index (χ3v) is 2.52. The monoisotopic (exact) mass is 209 g/mol. The lowest BCUT2D eigenvalue weighted by atomic mass is 10.2. The van der Waals surface area contributed by atoms with Gasteiger partial charge in [-0.3, -0.25) is 0 Å². The number of hydrogen-bond acceptors (Lipinski definition) is 4. The van der Waals surface area contributed by atoms with Crippen LogP contribution in [0.1, 0.15) is 36.2 Å². The smallest absolute Gasteiger partial charge is 0.356 e. The van der Waals surface area contributed by atoms with Gasteiger partial charge in [0.25, 0.3) is 0 Å². The van der Waals surface area contributed by atoms with E-state index in [9.17, 15) is 4.79 Å². The van der Waals surface area contributed by atoms with E-state index in [1.165, 1.54) is 0 Å². The number of rotatable bonds is 2. The zero-order valence-electron chi connectivity index (χ0n) is 8.99. The van der Waals surface area contributed by atoms with Crippen molar-refractivity contribution >= 4 is 5.97 Å². The zero-order chi connectivity index (χ0) is 10.8. The van der Waals surface area contributed by atoms with E-state index in [2.05, 4.69) is 17.2 Å². The van der Waals surface area contributed by atoms with Gasteiger partial charge in [0.05, 0.1) is 19.3 Å². The van der Waals surface area contributed by atoms with Crippen LogP contribution in [0.25, 0.3) is 0 Å². The summed E-state index contributed by atoms with van der Waals surface area (Å²) in [6, 6.07) is 0.246. The first-order chi connectivity index (χ1) is 7.24. The fourth-order valence-electron chi connectivity index (χ4n) is 1.86. The van der Waals surface area contributed by atoms with E-state index < -0.39 is 0 Å². The Kier molecular flexibility index (Phi) is 2.73. The summed E-state index contributed by atoms with van der Waals surface area (Å²) in [6.07, 6.45) is 1.59. The van der Waals surface area contributed by atoms with Crippen LogP contribution >= 0.6 is 0 Å². The first-order valence-corrected chi connectivity index (χ1v) is 5.18. The molecule has 1 aromatic heterocycles. The summed E-state index contributed by atoms with van der Waals surface area (Å²) in [5.74, 6) is 0.613. The molecule has 0 saturated carbocycles. The molecule has 1 aliphatic rings. The molecule has 0 aliphatic carbocycles. The summed E-state index contributed by atoms with van der Waals surface area (Å²) >= 11 is 0. The van der Waals surface area contributed by atoms with E-state index in [0.29, 0.717) is 18.8 Å². The lowest BCUT2D eigenvalue weighted by Crippen LogP contribution is -2.33. The first-order valence-electron chi connectivity index (χ1n) is 5.18. The number of aromatic nitrogens is 2. The van der Waals surface area contributed by atoms with Gasteiger partial charge >= 0.3 is 5.97 Å². The number of fused-ring (bicyclic) bond motifs is 1. The molecule has 2 heterocycles. The Hall–Kier alpha value is -1.36. The Labute approximate surface area is 88.4 Å². The van der Waals surface area contributed by atoms with Gasteiger partial charge in [0.2, 0.25) is 0 Å². The summed E-state index contributed by atoms with van der Waals surface area (Å²) < 4.78 is 6.93. The van der Waals surface area contributed by atoms with Gasteiger partial charge < -0.3 is 14.6 Å². The standard InChI is InChI=1S/C10H15N3O2/c1-3-15-10(14)8-5-12-9-6-11-4-7(2)13(8)9/h5,7,11H,3-4,6H2,1-2H3/t7-/m0/s1. The van der Waals surface area contributed by atoms with Gasteiger partial charge in [-0.2, -0.15) is 0 Å². The van der Waals surface area contributed by atoms with Crippen LogP contribution in [0.4, 0.5) is 0 Å². The van der Waals surface area contributed by atoms with E-state index in [1.807, 2.05) is 4.57 Å². The molecule has 0 amide bonds. The first kappa shape index (κ1) is 10.2. The van der Waals surface area contributed by atoms with Crippen molar-refractivity contribution < 1.29 is 9.53 Å². The minimum atomic E-state index is -0.287. The van der Waals surface area contributed by atoms with Crippen LogP contribution in [0.5, 0.6) is 0 Å². The maximum Gasteiger partial charge on any atom is 0.356 e. The minimum Gasteiger partial charge on any atom is -0.461 e. The number of nitrogens with zero attached hydrogens (tertiary/aromatic N) is 2. The van der Waals surface area contributed by atoms with Gasteiger partial charge in [-0.25, -0.2) is 9.78 Å². The van der Waals surface area contributed by atoms with Crippen molar-refractivity contribution in [2.75, 3.05) is 13.2 Å². The van der Waals surface area contributed by atoms with Gasteiger partial charge in [0.15, 0.2) is 0 Å². The minimum absolute atomic E-state index is 0.246. The van der Waals surface area contributed by atoms with E-state index >= 15 is 0 Å². The number of hydrogen-bond donors (Lipinski definition) is 1. The van der Waals surface area contributed by atoms with Crippen LogP contribution in [0, 0.1) is 0 Å². The average molecular weight is 209 g/mol. The van der Waals surface area contributed by atoms with Gasteiger partial charge in [0, 0.05) is 12.6 Å². The van der Waals surface area contributed by atoms with E-state index in [-0.39, 0.29) is 12.0 Å². The lowest BCUT2D eigenvalue weighted by molar-refractivity contribution is 0.0510. The van der Waals surface area contributed by atoms with Crippen molar-refractivity contribution in [2.24, 2.45) is 0 Å². The average Bonchev–Trinajstić information content (AvgIpc) is 2.63. The summed E-state index contributed by atoms with van der Waals surface area (Å²) in [6.45, 7) is 5.82. The zero-order valence-corrected chi connectivity index (χ0v) is 8.99. The molecule has 1 aliphatic heterocycles. The molecule has 0 bridgehead atoms. The molecule has 0 unspecified atom stereocenters. The summed E-state index contributed by atoms with van der Waals surface area (Å²) in [7, 11) is 0. The highest BCUT2D eigenvalue weighted by molar-refractivity contribution is 5.87. The Balaban J connectivity index is 2.33. The maximum absolute atomic E-state index is 11.6. The third-order valence-electron chi connectivity index (χ3n) is 2.52. The number of ether oxygens (including phenoxy) is 1. The van der Waals surface area contributed by atoms with Crippen LogP contribution in [-0.4, -0.2) is 28.7 Å². The van der Waals surface area contributed by atoms with Crippen molar-refractivity contribution in [1.29, 1.82) is 0 Å². The molecule has 82 valence electrons. The van der Waals surface area contributed by atoms with Crippen LogP contribution in [0.2, 0.25) is 0 Å². The SMILES string of the molecule is CCOC(=O)c1cnc2n1[C@@H](C)CNC2. The second-order valence-electron chi connectivity index (χ2n) is 3.63. The highest BCUT2D eigenvalue weighted by Crippen LogP contribution is 2.18. The molecule has 0 aromatic carbocycles. The molecule has 5 heteroatoms. The predicted molar refractivity (Wildman–Crippen MR) is 54.6 cm³/mol. The molecule has 0 saturated heterocycles. The second kappa shape index (κ2) is 4.02. The molecule has 1 N–H and O–H groups in total. The van der Waals surface area contributed by atoms with Crippen molar-refractivity contribution in [3.63, 3.8) is 0 Å². The Morgan fingerprint density at radius 2 is 2.60 bits per heavy atom. The predicted octanol–water partition coefficient (Wildman–Crippen LogP) is 0.724. The topological polar surface area (TPSA) is 56.1 Å². The molecule has 0 spiro atoms. The number of carbonyl (C=O) groups is 1. The van der Waals surface area contributed by atoms with Crippen molar-refractivity contribution in [3.8, 4) is 0 Å². The van der Waals surface area contributed by atoms with Gasteiger partial charge in [-0.1, -0.05) is 0 Å². The third kappa shape index (κ3) is 1.74. The fraction of sp³-hybridized carbons (Fsp3) is 0.600. The van der Waals surface area contributed by atoms with Gasteiger partial charge in [0.1, 0.15) is 11.5 Å². The summed E-state index contributed by atoms with van der Waals surface area (Å²) in [5.41, 5.74) is 0.556. The van der Waals surface area contributed by atoms with E-state index in [4.69, 9.17) is 4.74 Å². The molecule has 0 fully saturated rings. The Bertz CT molecular complexity index is 373. The number of carbonyl (C=O) groups excluding carboxylic acids is 1. The highest BCUT2D eigenvalue weighted by atomic mass is 16.5. The number of esters is 1. The van der Waals surface area contributed by atoms with Gasteiger partial charge in [-0.05, 0) is 13.8 Å². The molecule has 0 radical (unpaired) electrons. The molecular weight excluding hydrogens is 194 g/mol. The Morgan fingerprint density at radius 3 is 3.33 bits per heavy atom. The van der Waals surface area contributed by atoms with Crippen molar-refractivity contribution in [3.05, 3.63) is 17.7 Å². The Morgan fingerprint density at radius 1 is 1.80 bits per heavy atom. The molecule has 15 heavy (non-hydrogen) atoms. The van der Waals surface area contributed by atoms with Crippen LogP contribution in [0.3, 0.4) is 0 Å². The largest absolute Gasteiger partial charge is 0.461 e. The fourth-order valence-corrected chi connectivity index (χ4v) is 1.86.